The maximum Gasteiger partial charge on any atom is 0.245 e. The summed E-state index contributed by atoms with van der Waals surface area (Å²) in [6, 6.07) is 0. The van der Waals surface area contributed by atoms with E-state index in [0.29, 0.717) is 0 Å². The molecular weight excluding hydrogens is 282 g/mol. The molecule has 0 spiro atoms. The molecule has 0 aliphatic carbocycles. The number of sulfonamides is 2. The van der Waals surface area contributed by atoms with Gasteiger partial charge in [-0.15, -0.1) is 0 Å². The largest absolute Gasteiger partial charge is 0.381 e. The molecule has 0 fully saturated rings. The van der Waals surface area contributed by atoms with Gasteiger partial charge in [-0.3, -0.25) is 4.68 Å². The second kappa shape index (κ2) is 5.22. The summed E-state index contributed by atoms with van der Waals surface area (Å²) < 4.78 is 50.7. The molecule has 1 heterocycles. The van der Waals surface area contributed by atoms with Crippen molar-refractivity contribution >= 4 is 25.9 Å². The smallest absolute Gasteiger partial charge is 0.245 e. The average Bonchev–Trinajstić information content (AvgIpc) is 2.52. The van der Waals surface area contributed by atoms with Gasteiger partial charge in [0.15, 0.2) is 5.82 Å². The molecule has 1 rings (SSSR count). The molecule has 0 bridgehead atoms. The van der Waals surface area contributed by atoms with Crippen LogP contribution >= 0.6 is 0 Å². The zero-order valence-corrected chi connectivity index (χ0v) is 11.5. The molecule has 104 valence electrons. The van der Waals surface area contributed by atoms with Crippen LogP contribution in [-0.2, 0) is 27.1 Å². The molecular formula is C7H15N5O4S2. The van der Waals surface area contributed by atoms with Crippen molar-refractivity contribution in [3.63, 3.8) is 0 Å². The number of nitrogen functional groups attached to an aromatic ring is 1. The number of nitrogens with zero attached hydrogens (tertiary/aromatic N) is 2. The predicted octanol–water partition coefficient (Wildman–Crippen LogP) is -2.17. The monoisotopic (exact) mass is 297 g/mol. The molecule has 0 atom stereocenters. The highest BCUT2D eigenvalue weighted by Gasteiger charge is 2.19. The summed E-state index contributed by atoms with van der Waals surface area (Å²) in [5.74, 6) is -0.110. The molecule has 0 aliphatic rings. The van der Waals surface area contributed by atoms with Crippen LogP contribution in [0.15, 0.2) is 11.1 Å². The van der Waals surface area contributed by atoms with E-state index in [1.807, 2.05) is 0 Å². The Hall–Kier alpha value is -1.17. The van der Waals surface area contributed by atoms with E-state index in [-0.39, 0.29) is 23.8 Å². The molecule has 1 aromatic heterocycles. The summed E-state index contributed by atoms with van der Waals surface area (Å²) in [4.78, 5) is -0.135. The van der Waals surface area contributed by atoms with Crippen molar-refractivity contribution < 1.29 is 16.8 Å². The number of hydrogen-bond acceptors (Lipinski definition) is 6. The maximum atomic E-state index is 11.8. The van der Waals surface area contributed by atoms with Crippen LogP contribution in [-0.4, -0.2) is 46.0 Å². The Balaban J connectivity index is 2.64. The minimum absolute atomic E-state index is 0.0434. The fourth-order valence-corrected chi connectivity index (χ4v) is 2.80. The molecule has 0 saturated carbocycles. The second-order valence-electron chi connectivity index (χ2n) is 3.62. The number of nitrogens with two attached hydrogens (primary N) is 1. The van der Waals surface area contributed by atoms with E-state index in [4.69, 9.17) is 5.73 Å². The van der Waals surface area contributed by atoms with Crippen LogP contribution in [0.1, 0.15) is 0 Å². The molecule has 18 heavy (non-hydrogen) atoms. The van der Waals surface area contributed by atoms with E-state index >= 15 is 0 Å². The van der Waals surface area contributed by atoms with Crippen molar-refractivity contribution in [1.82, 2.24) is 19.2 Å². The third-order valence-corrected chi connectivity index (χ3v) is 4.10. The highest BCUT2D eigenvalue weighted by molar-refractivity contribution is 7.89. The molecule has 9 nitrogen and oxygen atoms in total. The zero-order chi connectivity index (χ0) is 14.0. The lowest BCUT2D eigenvalue weighted by Crippen LogP contribution is -2.34. The quantitative estimate of drug-likeness (QED) is 0.511. The van der Waals surface area contributed by atoms with Gasteiger partial charge in [0.05, 0.1) is 6.26 Å². The Morgan fingerprint density at radius 3 is 2.28 bits per heavy atom. The van der Waals surface area contributed by atoms with Crippen LogP contribution in [0.4, 0.5) is 5.82 Å². The van der Waals surface area contributed by atoms with E-state index in [0.717, 1.165) is 6.26 Å². The molecule has 4 N–H and O–H groups in total. The summed E-state index contributed by atoms with van der Waals surface area (Å²) in [5, 5.41) is 3.71. The van der Waals surface area contributed by atoms with Crippen LogP contribution in [0.2, 0.25) is 0 Å². The van der Waals surface area contributed by atoms with Gasteiger partial charge in [0.1, 0.15) is 4.90 Å². The first-order valence-corrected chi connectivity index (χ1v) is 8.23. The normalized spacial score (nSPS) is 12.8. The second-order valence-corrected chi connectivity index (χ2v) is 7.18. The van der Waals surface area contributed by atoms with Crippen molar-refractivity contribution in [3.8, 4) is 0 Å². The third-order valence-electron chi connectivity index (χ3n) is 1.89. The molecule has 0 saturated heterocycles. The minimum Gasteiger partial charge on any atom is -0.381 e. The highest BCUT2D eigenvalue weighted by atomic mass is 32.2. The summed E-state index contributed by atoms with van der Waals surface area (Å²) in [7, 11) is -5.58. The third kappa shape index (κ3) is 4.25. The first-order valence-electron chi connectivity index (χ1n) is 4.85. The van der Waals surface area contributed by atoms with Crippen LogP contribution in [0.25, 0.3) is 0 Å². The van der Waals surface area contributed by atoms with Crippen molar-refractivity contribution in [2.45, 2.75) is 4.90 Å². The molecule has 0 aromatic carbocycles. The number of nitrogens with one attached hydrogen (secondary N) is 2. The predicted molar refractivity (Wildman–Crippen MR) is 65.7 cm³/mol. The molecule has 0 amide bonds. The Morgan fingerprint density at radius 2 is 1.83 bits per heavy atom. The molecule has 0 radical (unpaired) electrons. The lowest BCUT2D eigenvalue weighted by molar-refractivity contribution is 0.573. The number of hydrogen-bond donors (Lipinski definition) is 3. The first-order chi connectivity index (χ1) is 8.12. The molecule has 1 aromatic rings. The zero-order valence-electron chi connectivity index (χ0n) is 9.91. The number of aromatic nitrogens is 2. The van der Waals surface area contributed by atoms with E-state index < -0.39 is 20.0 Å². The van der Waals surface area contributed by atoms with Crippen molar-refractivity contribution in [2.75, 3.05) is 25.1 Å². The van der Waals surface area contributed by atoms with Gasteiger partial charge >= 0.3 is 0 Å². The van der Waals surface area contributed by atoms with Crippen molar-refractivity contribution in [1.29, 1.82) is 0 Å². The van der Waals surface area contributed by atoms with E-state index in [9.17, 15) is 16.8 Å². The summed E-state index contributed by atoms with van der Waals surface area (Å²) >= 11 is 0. The molecule has 0 aliphatic heterocycles. The first kappa shape index (κ1) is 14.9. The van der Waals surface area contributed by atoms with E-state index in [1.165, 1.54) is 10.9 Å². The van der Waals surface area contributed by atoms with Crippen LogP contribution in [0.5, 0.6) is 0 Å². The van der Waals surface area contributed by atoms with Crippen molar-refractivity contribution in [2.24, 2.45) is 7.05 Å². The fraction of sp³-hybridized carbons (Fsp3) is 0.571. The van der Waals surface area contributed by atoms with Gasteiger partial charge in [-0.25, -0.2) is 26.3 Å². The SMILES string of the molecule is Cn1cc(S(=O)(=O)NCCNS(C)(=O)=O)c(N)n1. The van der Waals surface area contributed by atoms with Gasteiger partial charge in [0.2, 0.25) is 20.0 Å². The number of rotatable bonds is 6. The summed E-state index contributed by atoms with van der Waals surface area (Å²) in [6.07, 6.45) is 2.25. The standard InChI is InChI=1S/C7H15N5O4S2/c1-12-5-6(7(8)11-12)18(15,16)10-4-3-9-17(2,13)14/h5,9-10H,3-4H2,1-2H3,(H2,8,11). The molecule has 0 unspecified atom stereocenters. The Morgan fingerprint density at radius 1 is 1.28 bits per heavy atom. The van der Waals surface area contributed by atoms with E-state index in [1.54, 1.807) is 7.05 Å². The van der Waals surface area contributed by atoms with E-state index in [2.05, 4.69) is 14.5 Å². The average molecular weight is 297 g/mol. The van der Waals surface area contributed by atoms with Gasteiger partial charge in [-0.1, -0.05) is 0 Å². The fourth-order valence-electron chi connectivity index (χ4n) is 1.19. The summed E-state index contributed by atoms with van der Waals surface area (Å²) in [6.45, 7) is -0.123. The van der Waals surface area contributed by atoms with Crippen LogP contribution in [0.3, 0.4) is 0 Å². The van der Waals surface area contributed by atoms with Crippen LogP contribution in [0, 0.1) is 0 Å². The van der Waals surface area contributed by atoms with Crippen molar-refractivity contribution in [3.05, 3.63) is 6.20 Å². The number of aryl methyl sites for hydroxylation is 1. The Labute approximate surface area is 105 Å². The van der Waals surface area contributed by atoms with Gasteiger partial charge in [0, 0.05) is 26.3 Å². The van der Waals surface area contributed by atoms with Gasteiger partial charge in [-0.05, 0) is 0 Å². The topological polar surface area (TPSA) is 136 Å². The number of anilines is 1. The van der Waals surface area contributed by atoms with Gasteiger partial charge < -0.3 is 5.73 Å². The maximum absolute atomic E-state index is 11.8. The lowest BCUT2D eigenvalue weighted by Gasteiger charge is -2.05. The van der Waals surface area contributed by atoms with Crippen LogP contribution < -0.4 is 15.2 Å². The van der Waals surface area contributed by atoms with Gasteiger partial charge in [-0.2, -0.15) is 5.10 Å². The lowest BCUT2D eigenvalue weighted by atomic mass is 10.7. The van der Waals surface area contributed by atoms with Gasteiger partial charge in [0.25, 0.3) is 0 Å². The minimum atomic E-state index is -3.78. The highest BCUT2D eigenvalue weighted by Crippen LogP contribution is 2.14. The Bertz CT molecular complexity index is 618. The molecule has 11 heteroatoms. The summed E-state index contributed by atoms with van der Waals surface area (Å²) in [5.41, 5.74) is 5.44. The Kier molecular flexibility index (Phi) is 4.32.